The van der Waals surface area contributed by atoms with Gasteiger partial charge >= 0.3 is 6.03 Å². The van der Waals surface area contributed by atoms with Crippen LogP contribution in [0.4, 0.5) is 4.79 Å². The Bertz CT molecular complexity index is 446. The van der Waals surface area contributed by atoms with Gasteiger partial charge < -0.3 is 10.6 Å². The van der Waals surface area contributed by atoms with Crippen molar-refractivity contribution in [3.63, 3.8) is 0 Å². The van der Waals surface area contributed by atoms with E-state index in [9.17, 15) is 9.59 Å². The summed E-state index contributed by atoms with van der Waals surface area (Å²) in [7, 11) is 0. The first-order valence-corrected chi connectivity index (χ1v) is 6.40. The molecule has 0 bridgehead atoms. The van der Waals surface area contributed by atoms with Gasteiger partial charge in [0.2, 0.25) is 5.91 Å². The molecule has 1 rings (SSSR count). The number of urea groups is 1. The number of rotatable bonds is 5. The van der Waals surface area contributed by atoms with Gasteiger partial charge in [-0.1, -0.05) is 29.8 Å². The Labute approximate surface area is 113 Å². The van der Waals surface area contributed by atoms with E-state index in [4.69, 9.17) is 0 Å². The largest absolute Gasteiger partial charge is 0.338 e. The SMILES string of the molecule is CCNC(=O)NC(=O)C(C)NCc1cccc(C)c1. The fourth-order valence-corrected chi connectivity index (χ4v) is 1.61. The van der Waals surface area contributed by atoms with Gasteiger partial charge in [-0.05, 0) is 26.3 Å². The van der Waals surface area contributed by atoms with Gasteiger partial charge in [0.15, 0.2) is 0 Å². The smallest absolute Gasteiger partial charge is 0.321 e. The Kier molecular flexibility index (Phi) is 6.02. The third-order valence-corrected chi connectivity index (χ3v) is 2.66. The van der Waals surface area contributed by atoms with Crippen LogP contribution in [0.15, 0.2) is 24.3 Å². The van der Waals surface area contributed by atoms with E-state index < -0.39 is 12.1 Å². The van der Waals surface area contributed by atoms with Gasteiger partial charge in [-0.3, -0.25) is 10.1 Å². The highest BCUT2D eigenvalue weighted by Crippen LogP contribution is 2.03. The fourth-order valence-electron chi connectivity index (χ4n) is 1.61. The van der Waals surface area contributed by atoms with E-state index >= 15 is 0 Å². The van der Waals surface area contributed by atoms with Crippen LogP contribution in [0.25, 0.3) is 0 Å². The van der Waals surface area contributed by atoms with Crippen LogP contribution in [-0.4, -0.2) is 24.5 Å². The van der Waals surface area contributed by atoms with Crippen molar-refractivity contribution in [2.45, 2.75) is 33.4 Å². The van der Waals surface area contributed by atoms with Crippen molar-refractivity contribution in [3.8, 4) is 0 Å². The quantitative estimate of drug-likeness (QED) is 0.750. The zero-order valence-corrected chi connectivity index (χ0v) is 11.6. The second kappa shape index (κ2) is 7.53. The van der Waals surface area contributed by atoms with Gasteiger partial charge in [-0.2, -0.15) is 0 Å². The molecule has 0 saturated heterocycles. The first-order valence-electron chi connectivity index (χ1n) is 6.40. The molecule has 104 valence electrons. The molecule has 1 atom stereocenters. The summed E-state index contributed by atoms with van der Waals surface area (Å²) < 4.78 is 0. The molecule has 1 unspecified atom stereocenters. The van der Waals surface area contributed by atoms with Crippen LogP contribution in [0.2, 0.25) is 0 Å². The number of hydrogen-bond donors (Lipinski definition) is 3. The van der Waals surface area contributed by atoms with E-state index in [1.807, 2.05) is 25.1 Å². The van der Waals surface area contributed by atoms with Crippen molar-refractivity contribution in [2.24, 2.45) is 0 Å². The van der Waals surface area contributed by atoms with Crippen LogP contribution in [0, 0.1) is 6.92 Å². The van der Waals surface area contributed by atoms with Gasteiger partial charge in [0.1, 0.15) is 0 Å². The maximum absolute atomic E-state index is 11.7. The molecule has 0 aromatic heterocycles. The number of aryl methyl sites for hydroxylation is 1. The second-order valence-corrected chi connectivity index (χ2v) is 4.44. The van der Waals surface area contributed by atoms with Crippen molar-refractivity contribution in [1.82, 2.24) is 16.0 Å². The fraction of sp³-hybridized carbons (Fsp3) is 0.429. The molecule has 0 fully saturated rings. The summed E-state index contributed by atoms with van der Waals surface area (Å²) in [6.45, 7) is 6.62. The van der Waals surface area contributed by atoms with Crippen LogP contribution in [0.5, 0.6) is 0 Å². The molecule has 0 aliphatic heterocycles. The Balaban J connectivity index is 2.40. The van der Waals surface area contributed by atoms with Gasteiger partial charge in [0, 0.05) is 13.1 Å². The molecule has 0 radical (unpaired) electrons. The predicted molar refractivity (Wildman–Crippen MR) is 74.7 cm³/mol. The number of carbonyl (C=O) groups is 2. The predicted octanol–water partition coefficient (Wildman–Crippen LogP) is 1.32. The molecule has 1 aromatic carbocycles. The standard InChI is InChI=1S/C14H21N3O2/c1-4-15-14(19)17-13(18)11(3)16-9-12-7-5-6-10(2)8-12/h5-8,11,16H,4,9H2,1-3H3,(H2,15,17,18,19). The molecule has 0 heterocycles. The lowest BCUT2D eigenvalue weighted by Gasteiger charge is -2.13. The van der Waals surface area contributed by atoms with Crippen LogP contribution >= 0.6 is 0 Å². The highest BCUT2D eigenvalue weighted by molar-refractivity contribution is 5.96. The Hall–Kier alpha value is -1.88. The third-order valence-electron chi connectivity index (χ3n) is 2.66. The summed E-state index contributed by atoms with van der Waals surface area (Å²) in [6.07, 6.45) is 0. The van der Waals surface area contributed by atoms with Crippen molar-refractivity contribution in [3.05, 3.63) is 35.4 Å². The molecule has 3 amide bonds. The maximum Gasteiger partial charge on any atom is 0.321 e. The molecule has 0 saturated carbocycles. The molecule has 0 aliphatic carbocycles. The number of amides is 3. The second-order valence-electron chi connectivity index (χ2n) is 4.44. The molecule has 5 nitrogen and oxygen atoms in total. The molecule has 1 aromatic rings. The minimum Gasteiger partial charge on any atom is -0.338 e. The van der Waals surface area contributed by atoms with E-state index in [0.29, 0.717) is 13.1 Å². The highest BCUT2D eigenvalue weighted by Gasteiger charge is 2.14. The lowest BCUT2D eigenvalue weighted by Crippen LogP contribution is -2.47. The minimum atomic E-state index is -0.461. The molecular formula is C14H21N3O2. The molecule has 0 spiro atoms. The zero-order chi connectivity index (χ0) is 14.3. The molecule has 0 aliphatic rings. The van der Waals surface area contributed by atoms with Crippen molar-refractivity contribution < 1.29 is 9.59 Å². The summed E-state index contributed by atoms with van der Waals surface area (Å²) in [5, 5.41) is 7.87. The van der Waals surface area contributed by atoms with Crippen molar-refractivity contribution in [1.29, 1.82) is 0 Å². The zero-order valence-electron chi connectivity index (χ0n) is 11.6. The number of benzene rings is 1. The monoisotopic (exact) mass is 263 g/mol. The van der Waals surface area contributed by atoms with Gasteiger partial charge in [0.25, 0.3) is 0 Å². The number of hydrogen-bond acceptors (Lipinski definition) is 3. The van der Waals surface area contributed by atoms with Crippen molar-refractivity contribution >= 4 is 11.9 Å². The van der Waals surface area contributed by atoms with E-state index in [2.05, 4.69) is 22.0 Å². The maximum atomic E-state index is 11.7. The number of carbonyl (C=O) groups excluding carboxylic acids is 2. The Morgan fingerprint density at radius 3 is 2.68 bits per heavy atom. The summed E-state index contributed by atoms with van der Waals surface area (Å²) in [5.41, 5.74) is 2.29. The molecular weight excluding hydrogens is 242 g/mol. The molecule has 5 heteroatoms. The number of imide groups is 1. The van der Waals surface area contributed by atoms with Crippen LogP contribution < -0.4 is 16.0 Å². The minimum absolute atomic E-state index is 0.335. The van der Waals surface area contributed by atoms with Gasteiger partial charge in [-0.25, -0.2) is 4.79 Å². The normalized spacial score (nSPS) is 11.7. The van der Waals surface area contributed by atoms with Crippen LogP contribution in [0.3, 0.4) is 0 Å². The Morgan fingerprint density at radius 1 is 1.32 bits per heavy atom. The third kappa shape index (κ3) is 5.52. The van der Waals surface area contributed by atoms with E-state index in [1.165, 1.54) is 5.56 Å². The van der Waals surface area contributed by atoms with Crippen molar-refractivity contribution in [2.75, 3.05) is 6.54 Å². The van der Waals surface area contributed by atoms with E-state index in [0.717, 1.165) is 5.56 Å². The van der Waals surface area contributed by atoms with E-state index in [-0.39, 0.29) is 5.91 Å². The summed E-state index contributed by atoms with van der Waals surface area (Å²) in [6, 6.07) is 7.16. The van der Waals surface area contributed by atoms with Gasteiger partial charge in [0.05, 0.1) is 6.04 Å². The molecule has 3 N–H and O–H groups in total. The molecule has 19 heavy (non-hydrogen) atoms. The average molecular weight is 263 g/mol. The van der Waals surface area contributed by atoms with Gasteiger partial charge in [-0.15, -0.1) is 0 Å². The topological polar surface area (TPSA) is 70.2 Å². The summed E-state index contributed by atoms with van der Waals surface area (Å²) in [4.78, 5) is 22.9. The van der Waals surface area contributed by atoms with Crippen LogP contribution in [-0.2, 0) is 11.3 Å². The van der Waals surface area contributed by atoms with E-state index in [1.54, 1.807) is 13.8 Å². The lowest BCUT2D eigenvalue weighted by atomic mass is 10.1. The first-order chi connectivity index (χ1) is 9.02. The first kappa shape index (κ1) is 15.2. The number of nitrogens with one attached hydrogen (secondary N) is 3. The average Bonchev–Trinajstić information content (AvgIpc) is 2.36. The summed E-state index contributed by atoms with van der Waals surface area (Å²) >= 11 is 0. The Morgan fingerprint density at radius 2 is 2.05 bits per heavy atom. The highest BCUT2D eigenvalue weighted by atomic mass is 16.2. The van der Waals surface area contributed by atoms with Crippen LogP contribution in [0.1, 0.15) is 25.0 Å². The lowest BCUT2D eigenvalue weighted by molar-refractivity contribution is -0.121. The summed E-state index contributed by atoms with van der Waals surface area (Å²) in [5.74, 6) is -0.335.